The van der Waals surface area contributed by atoms with Crippen molar-refractivity contribution >= 4 is 11.1 Å². The summed E-state index contributed by atoms with van der Waals surface area (Å²) in [7, 11) is 0. The number of hydrogen-bond donors (Lipinski definition) is 0. The maximum atomic E-state index is 6.07. The molecule has 0 N–H and O–H groups in total. The summed E-state index contributed by atoms with van der Waals surface area (Å²) in [4.78, 5) is 4.95. The first-order valence-corrected chi connectivity index (χ1v) is 14.1. The predicted octanol–water partition coefficient (Wildman–Crippen LogP) is 6.78. The van der Waals surface area contributed by atoms with Gasteiger partial charge in [0.25, 0.3) is 0 Å². The maximum Gasteiger partial charge on any atom is 0.119 e. The van der Waals surface area contributed by atoms with Crippen LogP contribution in [0, 0.1) is 0 Å². The fraction of sp³-hybridized carbons (Fsp3) is 0.353. The average molecular weight is 509 g/mol. The molecule has 5 rings (SSSR count). The maximum absolute atomic E-state index is 6.07. The first-order chi connectivity index (χ1) is 18.8. The summed E-state index contributed by atoms with van der Waals surface area (Å²) in [5.41, 5.74) is 5.68. The Kier molecular flexibility index (Phi) is 9.30. The summed E-state index contributed by atoms with van der Waals surface area (Å²) < 4.78 is 12.1. The molecule has 2 fully saturated rings. The van der Waals surface area contributed by atoms with Crippen molar-refractivity contribution in [3.8, 4) is 11.5 Å². The first-order valence-electron chi connectivity index (χ1n) is 14.1. The van der Waals surface area contributed by atoms with Crippen molar-refractivity contribution in [2.75, 3.05) is 52.5 Å². The largest absolute Gasteiger partial charge is 0.492 e. The molecule has 38 heavy (non-hydrogen) atoms. The molecule has 0 spiro atoms. The lowest BCUT2D eigenvalue weighted by Crippen LogP contribution is -2.25. The van der Waals surface area contributed by atoms with Gasteiger partial charge in [-0.25, -0.2) is 0 Å². The smallest absolute Gasteiger partial charge is 0.119 e. The van der Waals surface area contributed by atoms with Crippen molar-refractivity contribution in [1.29, 1.82) is 0 Å². The molecule has 2 aliphatic heterocycles. The summed E-state index contributed by atoms with van der Waals surface area (Å²) in [5.74, 6) is 1.82. The van der Waals surface area contributed by atoms with Gasteiger partial charge in [-0.2, -0.15) is 0 Å². The Morgan fingerprint density at radius 2 is 1.05 bits per heavy atom. The minimum absolute atomic E-state index is 0.725. The lowest BCUT2D eigenvalue weighted by atomic mass is 9.89. The van der Waals surface area contributed by atoms with E-state index in [1.165, 1.54) is 51.9 Å². The van der Waals surface area contributed by atoms with Crippen LogP contribution in [0.25, 0.3) is 11.1 Å². The number of benzene rings is 3. The van der Waals surface area contributed by atoms with Crippen molar-refractivity contribution in [2.24, 2.45) is 0 Å². The van der Waals surface area contributed by atoms with Crippen molar-refractivity contribution in [1.82, 2.24) is 9.80 Å². The van der Waals surface area contributed by atoms with E-state index in [4.69, 9.17) is 9.47 Å². The van der Waals surface area contributed by atoms with Gasteiger partial charge in [-0.3, -0.25) is 9.80 Å². The minimum Gasteiger partial charge on any atom is -0.492 e. The molecule has 0 saturated carbocycles. The normalized spacial score (nSPS) is 15.9. The molecular formula is C34H40N2O2. The zero-order valence-electron chi connectivity index (χ0n) is 22.5. The van der Waals surface area contributed by atoms with Crippen LogP contribution >= 0.6 is 0 Å². The fourth-order valence-electron chi connectivity index (χ4n) is 5.49. The van der Waals surface area contributed by atoms with Crippen LogP contribution in [0.2, 0.25) is 0 Å². The third-order valence-corrected chi connectivity index (χ3v) is 7.59. The molecule has 2 heterocycles. The van der Waals surface area contributed by atoms with Crippen molar-refractivity contribution in [3.05, 3.63) is 108 Å². The van der Waals surface area contributed by atoms with E-state index in [1.54, 1.807) is 0 Å². The van der Waals surface area contributed by atoms with Crippen molar-refractivity contribution < 1.29 is 9.47 Å². The molecule has 2 saturated heterocycles. The highest BCUT2D eigenvalue weighted by Crippen LogP contribution is 2.34. The second kappa shape index (κ2) is 13.5. The minimum atomic E-state index is 0.725. The highest BCUT2D eigenvalue weighted by atomic mass is 16.5. The van der Waals surface area contributed by atoms with Crippen LogP contribution in [0.4, 0.5) is 0 Å². The lowest BCUT2D eigenvalue weighted by molar-refractivity contribution is 0.237. The number of allylic oxidation sites excluding steroid dienone is 2. The zero-order chi connectivity index (χ0) is 26.0. The van der Waals surface area contributed by atoms with Gasteiger partial charge in [0.15, 0.2) is 0 Å². The van der Waals surface area contributed by atoms with Crippen molar-refractivity contribution in [3.63, 3.8) is 0 Å². The van der Waals surface area contributed by atoms with E-state index in [-0.39, 0.29) is 0 Å². The Morgan fingerprint density at radius 3 is 1.47 bits per heavy atom. The Bertz CT molecular complexity index is 1110. The highest BCUT2D eigenvalue weighted by molar-refractivity contribution is 6.02. The Balaban J connectivity index is 1.34. The van der Waals surface area contributed by atoms with Gasteiger partial charge in [0.2, 0.25) is 0 Å². The summed E-state index contributed by atoms with van der Waals surface area (Å²) in [6, 6.07) is 27.5. The summed E-state index contributed by atoms with van der Waals surface area (Å²) >= 11 is 0. The number of likely N-dealkylation sites (tertiary alicyclic amines) is 2. The van der Waals surface area contributed by atoms with Crippen LogP contribution in [0.3, 0.4) is 0 Å². The molecule has 4 heteroatoms. The Labute approximate surface area is 228 Å². The molecule has 0 radical (unpaired) electrons. The van der Waals surface area contributed by atoms with Gasteiger partial charge in [0.05, 0.1) is 0 Å². The molecular weight excluding hydrogens is 468 g/mol. The number of hydrogen-bond acceptors (Lipinski definition) is 4. The zero-order valence-corrected chi connectivity index (χ0v) is 22.5. The number of rotatable bonds is 12. The van der Waals surface area contributed by atoms with Gasteiger partial charge in [-0.05, 0) is 104 Å². The molecule has 0 aliphatic carbocycles. The molecule has 0 aromatic heterocycles. The van der Waals surface area contributed by atoms with Gasteiger partial charge in [0, 0.05) is 13.1 Å². The van der Waals surface area contributed by atoms with Crippen LogP contribution in [-0.4, -0.2) is 62.3 Å². The Morgan fingerprint density at radius 1 is 0.605 bits per heavy atom. The van der Waals surface area contributed by atoms with Crippen LogP contribution in [0.5, 0.6) is 11.5 Å². The summed E-state index contributed by atoms with van der Waals surface area (Å²) in [6.45, 7) is 12.4. The quantitative estimate of drug-likeness (QED) is 0.199. The third kappa shape index (κ3) is 6.94. The first kappa shape index (κ1) is 26.3. The molecule has 3 aromatic carbocycles. The number of ether oxygens (including phenoxy) is 2. The predicted molar refractivity (Wildman–Crippen MR) is 158 cm³/mol. The monoisotopic (exact) mass is 508 g/mol. The van der Waals surface area contributed by atoms with E-state index in [0.717, 1.165) is 65.6 Å². The van der Waals surface area contributed by atoms with E-state index in [2.05, 4.69) is 89.2 Å². The molecule has 0 atom stereocenters. The lowest BCUT2D eigenvalue weighted by Gasteiger charge is -2.17. The van der Waals surface area contributed by atoms with E-state index in [1.807, 2.05) is 12.1 Å². The van der Waals surface area contributed by atoms with E-state index in [0.29, 0.717) is 0 Å². The SMILES string of the molecule is C=CC(=C(c1ccc(OCCN2CCCC2)cc1)c1ccc(OCCN2CCCC2)cc1)c1ccccc1. The van der Waals surface area contributed by atoms with Crippen LogP contribution in [0.15, 0.2) is 91.5 Å². The van der Waals surface area contributed by atoms with E-state index >= 15 is 0 Å². The second-order valence-corrected chi connectivity index (χ2v) is 10.2. The second-order valence-electron chi connectivity index (χ2n) is 10.2. The number of nitrogens with zero attached hydrogens (tertiary/aromatic N) is 2. The van der Waals surface area contributed by atoms with Gasteiger partial charge in [-0.1, -0.05) is 67.3 Å². The summed E-state index contributed by atoms with van der Waals surface area (Å²) in [5, 5.41) is 0. The third-order valence-electron chi connectivity index (χ3n) is 7.59. The van der Waals surface area contributed by atoms with Crippen molar-refractivity contribution in [2.45, 2.75) is 25.7 Å². The molecule has 0 amide bonds. The van der Waals surface area contributed by atoms with Crippen LogP contribution in [-0.2, 0) is 0 Å². The molecule has 0 unspecified atom stereocenters. The van der Waals surface area contributed by atoms with Gasteiger partial charge < -0.3 is 9.47 Å². The fourth-order valence-corrected chi connectivity index (χ4v) is 5.49. The average Bonchev–Trinajstić information content (AvgIpc) is 3.68. The Hall–Kier alpha value is -3.34. The standard InChI is InChI=1S/C34H40N2O2/c1-2-33(28-10-4-3-5-11-28)34(29-12-16-31(17-13-29)37-26-24-35-20-6-7-21-35)30-14-18-32(19-15-30)38-27-25-36-22-8-9-23-36/h2-5,10-19H,1,6-9,20-27H2. The van der Waals surface area contributed by atoms with Gasteiger partial charge >= 0.3 is 0 Å². The highest BCUT2D eigenvalue weighted by Gasteiger charge is 2.15. The molecule has 3 aromatic rings. The topological polar surface area (TPSA) is 24.9 Å². The van der Waals surface area contributed by atoms with Gasteiger partial charge in [-0.15, -0.1) is 0 Å². The molecule has 2 aliphatic rings. The van der Waals surface area contributed by atoms with Gasteiger partial charge in [0.1, 0.15) is 24.7 Å². The van der Waals surface area contributed by atoms with E-state index in [9.17, 15) is 0 Å². The molecule has 0 bridgehead atoms. The molecule has 198 valence electrons. The van der Waals surface area contributed by atoms with Crippen LogP contribution in [0.1, 0.15) is 42.4 Å². The van der Waals surface area contributed by atoms with Crippen LogP contribution < -0.4 is 9.47 Å². The molecule has 4 nitrogen and oxygen atoms in total. The van der Waals surface area contributed by atoms with E-state index < -0.39 is 0 Å². The summed E-state index contributed by atoms with van der Waals surface area (Å²) in [6.07, 6.45) is 7.20.